The maximum atomic E-state index is 13.3. The van der Waals surface area contributed by atoms with E-state index in [0.29, 0.717) is 41.8 Å². The number of ether oxygens (including phenoxy) is 1. The fourth-order valence-corrected chi connectivity index (χ4v) is 5.87. The van der Waals surface area contributed by atoms with Crippen molar-refractivity contribution in [2.75, 3.05) is 13.1 Å². The molecule has 0 bridgehead atoms. The summed E-state index contributed by atoms with van der Waals surface area (Å²) in [5.74, 6) is 0.434. The maximum Gasteiger partial charge on any atom is 0.410 e. The first-order valence-electron chi connectivity index (χ1n) is 11.4. The molecule has 35 heavy (non-hydrogen) atoms. The Hall–Kier alpha value is -3.44. The number of amides is 1. The number of fused-ring (bicyclic) bond motifs is 3. The van der Waals surface area contributed by atoms with Gasteiger partial charge in [-0.1, -0.05) is 18.2 Å². The Morgan fingerprint density at radius 1 is 1.20 bits per heavy atom. The zero-order chi connectivity index (χ0) is 25.0. The lowest BCUT2D eigenvalue weighted by atomic mass is 10.2. The van der Waals surface area contributed by atoms with Crippen molar-refractivity contribution in [2.45, 2.75) is 50.3 Å². The van der Waals surface area contributed by atoms with Gasteiger partial charge in [0.15, 0.2) is 5.65 Å². The molecule has 5 rings (SSSR count). The van der Waals surface area contributed by atoms with Crippen molar-refractivity contribution in [3.05, 3.63) is 54.6 Å². The van der Waals surface area contributed by atoms with Crippen LogP contribution >= 0.6 is 0 Å². The van der Waals surface area contributed by atoms with E-state index < -0.39 is 15.6 Å². The summed E-state index contributed by atoms with van der Waals surface area (Å²) >= 11 is 0. The van der Waals surface area contributed by atoms with Crippen LogP contribution in [0.1, 0.15) is 39.1 Å². The van der Waals surface area contributed by atoms with Gasteiger partial charge in [0, 0.05) is 24.7 Å². The molecule has 1 aliphatic heterocycles. The van der Waals surface area contributed by atoms with E-state index in [-0.39, 0.29) is 29.3 Å². The quantitative estimate of drug-likeness (QED) is 0.459. The number of aliphatic hydroxyl groups is 1. The van der Waals surface area contributed by atoms with E-state index in [9.17, 15) is 18.3 Å². The van der Waals surface area contributed by atoms with E-state index in [1.54, 1.807) is 29.2 Å². The molecular weight excluding hydrogens is 470 g/mol. The molecule has 1 N–H and O–H groups in total. The highest BCUT2D eigenvalue weighted by Gasteiger charge is 2.33. The van der Waals surface area contributed by atoms with Crippen LogP contribution in [0.5, 0.6) is 0 Å². The first-order chi connectivity index (χ1) is 16.6. The molecule has 1 atom stereocenters. The standard InChI is InChI=1S/C24H27N5O5S/c1-24(2,3)34-23(31)27-11-9-16(14-27)29-20(15-30)26-19-13-25-22-18(21(19)29)10-12-28(22)35(32,33)17-7-5-4-6-8-17/h4-8,10,12-13,16,30H,9,11,14-15H2,1-3H3. The summed E-state index contributed by atoms with van der Waals surface area (Å²) in [7, 11) is -3.85. The Kier molecular flexibility index (Phi) is 5.56. The second-order valence-electron chi connectivity index (χ2n) is 9.58. The minimum Gasteiger partial charge on any atom is -0.444 e. The molecule has 1 aromatic carbocycles. The van der Waals surface area contributed by atoms with Crippen LogP contribution in [0.4, 0.5) is 4.79 Å². The molecule has 1 aliphatic rings. The average molecular weight is 498 g/mol. The van der Waals surface area contributed by atoms with Gasteiger partial charge in [-0.2, -0.15) is 0 Å². The van der Waals surface area contributed by atoms with Crippen LogP contribution < -0.4 is 0 Å². The summed E-state index contributed by atoms with van der Waals surface area (Å²) < 4.78 is 35.1. The number of pyridine rings is 1. The molecule has 0 saturated carbocycles. The third kappa shape index (κ3) is 4.04. The van der Waals surface area contributed by atoms with Crippen molar-refractivity contribution >= 4 is 38.2 Å². The third-order valence-corrected chi connectivity index (χ3v) is 7.70. The highest BCUT2D eigenvalue weighted by Crippen LogP contribution is 2.33. The Bertz CT molecular complexity index is 1520. The van der Waals surface area contributed by atoms with Crippen LogP contribution in [0.15, 0.2) is 53.7 Å². The Morgan fingerprint density at radius 2 is 1.94 bits per heavy atom. The lowest BCUT2D eigenvalue weighted by Crippen LogP contribution is -2.35. The number of aromatic nitrogens is 4. The van der Waals surface area contributed by atoms with Gasteiger partial charge >= 0.3 is 6.09 Å². The van der Waals surface area contributed by atoms with E-state index >= 15 is 0 Å². The monoisotopic (exact) mass is 497 g/mol. The molecule has 0 radical (unpaired) electrons. The van der Waals surface area contributed by atoms with E-state index in [1.807, 2.05) is 25.3 Å². The highest BCUT2D eigenvalue weighted by molar-refractivity contribution is 7.90. The average Bonchev–Trinajstić information content (AvgIpc) is 3.53. The summed E-state index contributed by atoms with van der Waals surface area (Å²) in [6.45, 7) is 6.06. The van der Waals surface area contributed by atoms with Gasteiger partial charge in [-0.3, -0.25) is 0 Å². The Morgan fingerprint density at radius 3 is 2.63 bits per heavy atom. The van der Waals surface area contributed by atoms with Gasteiger partial charge in [0.2, 0.25) is 0 Å². The van der Waals surface area contributed by atoms with Gasteiger partial charge in [-0.15, -0.1) is 0 Å². The van der Waals surface area contributed by atoms with Crippen molar-refractivity contribution in [3.63, 3.8) is 0 Å². The highest BCUT2D eigenvalue weighted by atomic mass is 32.2. The van der Waals surface area contributed by atoms with Gasteiger partial charge < -0.3 is 19.3 Å². The molecule has 0 spiro atoms. The largest absolute Gasteiger partial charge is 0.444 e. The van der Waals surface area contributed by atoms with Crippen LogP contribution in [0.2, 0.25) is 0 Å². The summed E-state index contributed by atoms with van der Waals surface area (Å²) in [6, 6.07) is 9.72. The number of carbonyl (C=O) groups excluding carboxylic acids is 1. The second kappa shape index (κ2) is 8.35. The van der Waals surface area contributed by atoms with Crippen molar-refractivity contribution < 1.29 is 23.1 Å². The molecule has 1 unspecified atom stereocenters. The van der Waals surface area contributed by atoms with E-state index in [4.69, 9.17) is 4.74 Å². The summed E-state index contributed by atoms with van der Waals surface area (Å²) in [6.07, 6.45) is 3.26. The topological polar surface area (TPSA) is 120 Å². The predicted octanol–water partition coefficient (Wildman–Crippen LogP) is 3.30. The van der Waals surface area contributed by atoms with Gasteiger partial charge in [-0.25, -0.2) is 27.2 Å². The van der Waals surface area contributed by atoms with Crippen molar-refractivity contribution in [3.8, 4) is 0 Å². The number of imidazole rings is 1. The van der Waals surface area contributed by atoms with Crippen LogP contribution in [-0.4, -0.2) is 61.7 Å². The molecule has 4 heterocycles. The molecule has 11 heteroatoms. The Labute approximate surface area is 202 Å². The van der Waals surface area contributed by atoms with Crippen molar-refractivity contribution in [2.24, 2.45) is 0 Å². The maximum absolute atomic E-state index is 13.3. The molecular formula is C24H27N5O5S. The normalized spacial score (nSPS) is 16.9. The van der Waals surface area contributed by atoms with Crippen LogP contribution in [0.3, 0.4) is 0 Å². The fourth-order valence-electron chi connectivity index (χ4n) is 4.55. The molecule has 1 saturated heterocycles. The lowest BCUT2D eigenvalue weighted by Gasteiger charge is -2.24. The Balaban J connectivity index is 1.59. The number of nitrogens with zero attached hydrogens (tertiary/aromatic N) is 5. The number of hydrogen-bond acceptors (Lipinski definition) is 7. The molecule has 1 amide bonds. The van der Waals surface area contributed by atoms with E-state index in [1.165, 1.54) is 24.5 Å². The predicted molar refractivity (Wildman–Crippen MR) is 129 cm³/mol. The van der Waals surface area contributed by atoms with Crippen LogP contribution in [0.25, 0.3) is 22.1 Å². The summed E-state index contributed by atoms with van der Waals surface area (Å²) in [5.41, 5.74) is 0.899. The minimum absolute atomic E-state index is 0.158. The molecule has 0 aliphatic carbocycles. The first kappa shape index (κ1) is 23.3. The molecule has 4 aromatic rings. The van der Waals surface area contributed by atoms with Crippen LogP contribution in [0, 0.1) is 0 Å². The van der Waals surface area contributed by atoms with Gasteiger partial charge in [0.25, 0.3) is 10.0 Å². The lowest BCUT2D eigenvalue weighted by molar-refractivity contribution is 0.0289. The van der Waals surface area contributed by atoms with Gasteiger partial charge in [0.1, 0.15) is 23.5 Å². The number of rotatable bonds is 4. The SMILES string of the molecule is CC(C)(C)OC(=O)N1CCC(n2c(CO)nc3cnc4c(ccn4S(=O)(=O)c4ccccc4)c32)C1. The van der Waals surface area contributed by atoms with E-state index in [2.05, 4.69) is 9.97 Å². The summed E-state index contributed by atoms with van der Waals surface area (Å²) in [5, 5.41) is 10.7. The zero-order valence-electron chi connectivity index (χ0n) is 19.7. The number of aliphatic hydroxyl groups excluding tert-OH is 1. The van der Waals surface area contributed by atoms with Crippen molar-refractivity contribution in [1.29, 1.82) is 0 Å². The van der Waals surface area contributed by atoms with Crippen molar-refractivity contribution in [1.82, 2.24) is 23.4 Å². The third-order valence-electron chi connectivity index (χ3n) is 6.02. The first-order valence-corrected chi connectivity index (χ1v) is 12.8. The zero-order valence-corrected chi connectivity index (χ0v) is 20.6. The van der Waals surface area contributed by atoms with Gasteiger partial charge in [0.05, 0.1) is 22.7 Å². The minimum atomic E-state index is -3.85. The molecule has 1 fully saturated rings. The summed E-state index contributed by atoms with van der Waals surface area (Å²) in [4.78, 5) is 23.4. The molecule has 184 valence electrons. The fraction of sp³-hybridized carbons (Fsp3) is 0.375. The van der Waals surface area contributed by atoms with Crippen LogP contribution in [-0.2, 0) is 21.4 Å². The second-order valence-corrected chi connectivity index (χ2v) is 11.4. The van der Waals surface area contributed by atoms with E-state index in [0.717, 1.165) is 3.97 Å². The molecule has 3 aromatic heterocycles. The number of likely N-dealkylation sites (tertiary alicyclic amines) is 1. The smallest absolute Gasteiger partial charge is 0.410 e. The van der Waals surface area contributed by atoms with Gasteiger partial charge in [-0.05, 0) is 45.4 Å². The number of hydrogen-bond donors (Lipinski definition) is 1. The molecule has 10 nitrogen and oxygen atoms in total. The number of benzene rings is 1. The number of carbonyl (C=O) groups is 1.